The van der Waals surface area contributed by atoms with E-state index in [-0.39, 0.29) is 5.82 Å². The highest BCUT2D eigenvalue weighted by Crippen LogP contribution is 2.32. The van der Waals surface area contributed by atoms with Gasteiger partial charge in [0.1, 0.15) is 17.4 Å². The number of pyridine rings is 1. The minimum atomic E-state index is -0.300. The van der Waals surface area contributed by atoms with Crippen molar-refractivity contribution in [3.8, 4) is 5.75 Å². The Morgan fingerprint density at radius 2 is 1.70 bits per heavy atom. The summed E-state index contributed by atoms with van der Waals surface area (Å²) in [6, 6.07) is 15.5. The van der Waals surface area contributed by atoms with E-state index in [2.05, 4.69) is 15.3 Å². The summed E-state index contributed by atoms with van der Waals surface area (Å²) in [5, 5.41) is 3.34. The van der Waals surface area contributed by atoms with E-state index in [0.29, 0.717) is 18.3 Å². The third kappa shape index (κ3) is 3.69. The number of aliphatic imine (C=N–C) groups is 2. The van der Waals surface area contributed by atoms with Crippen LogP contribution < -0.4 is 10.1 Å². The molecule has 0 radical (unpaired) electrons. The van der Waals surface area contributed by atoms with Crippen LogP contribution in [0.25, 0.3) is 0 Å². The molecule has 5 nitrogen and oxygen atoms in total. The lowest BCUT2D eigenvalue weighted by Gasteiger charge is -2.11. The highest BCUT2D eigenvalue weighted by molar-refractivity contribution is 6.19. The average Bonchev–Trinajstić information content (AvgIpc) is 2.89. The maximum atomic E-state index is 13.3. The molecule has 134 valence electrons. The number of hydrogen-bond acceptors (Lipinski definition) is 5. The average molecular weight is 360 g/mol. The van der Waals surface area contributed by atoms with E-state index in [1.165, 1.54) is 12.1 Å². The second-order valence-corrected chi connectivity index (χ2v) is 5.88. The Morgan fingerprint density at radius 1 is 0.926 bits per heavy atom. The predicted octanol–water partition coefficient (Wildman–Crippen LogP) is 4.57. The van der Waals surface area contributed by atoms with Crippen LogP contribution in [-0.2, 0) is 0 Å². The monoisotopic (exact) mass is 360 g/mol. The van der Waals surface area contributed by atoms with Crippen LogP contribution >= 0.6 is 0 Å². The molecule has 0 unspecified atom stereocenters. The largest absolute Gasteiger partial charge is 0.494 e. The van der Waals surface area contributed by atoms with Crippen molar-refractivity contribution in [3.05, 3.63) is 83.9 Å². The zero-order valence-electron chi connectivity index (χ0n) is 14.7. The molecule has 0 bridgehead atoms. The molecule has 0 saturated heterocycles. The number of nitrogens with one attached hydrogen (secondary N) is 1. The van der Waals surface area contributed by atoms with Crippen molar-refractivity contribution in [1.82, 2.24) is 4.98 Å². The molecule has 27 heavy (non-hydrogen) atoms. The molecule has 1 N–H and O–H groups in total. The van der Waals surface area contributed by atoms with Crippen molar-refractivity contribution in [2.75, 3.05) is 11.9 Å². The Morgan fingerprint density at radius 3 is 2.44 bits per heavy atom. The summed E-state index contributed by atoms with van der Waals surface area (Å²) in [5.74, 6) is 1.58. The number of anilines is 1. The first-order valence-electron chi connectivity index (χ1n) is 8.60. The van der Waals surface area contributed by atoms with Gasteiger partial charge in [0.2, 0.25) is 0 Å². The third-order valence-electron chi connectivity index (χ3n) is 4.03. The first-order chi connectivity index (χ1) is 13.2. The topological polar surface area (TPSA) is 58.9 Å². The summed E-state index contributed by atoms with van der Waals surface area (Å²) in [6.45, 7) is 2.52. The molecule has 0 atom stereocenters. The number of nitrogens with zero attached hydrogens (tertiary/aromatic N) is 3. The van der Waals surface area contributed by atoms with Gasteiger partial charge in [-0.3, -0.25) is 4.98 Å². The molecular weight excluding hydrogens is 343 g/mol. The van der Waals surface area contributed by atoms with Gasteiger partial charge >= 0.3 is 0 Å². The van der Waals surface area contributed by atoms with Gasteiger partial charge in [-0.15, -0.1) is 0 Å². The van der Waals surface area contributed by atoms with Gasteiger partial charge in [0.25, 0.3) is 0 Å². The number of fused-ring (bicyclic) bond motifs is 1. The highest BCUT2D eigenvalue weighted by atomic mass is 19.1. The molecule has 4 rings (SSSR count). The van der Waals surface area contributed by atoms with Crippen LogP contribution in [-0.4, -0.2) is 23.3 Å². The van der Waals surface area contributed by atoms with E-state index in [9.17, 15) is 4.39 Å². The Labute approximate surface area is 156 Å². The van der Waals surface area contributed by atoms with Crippen LogP contribution in [0, 0.1) is 5.82 Å². The maximum Gasteiger partial charge on any atom is 0.162 e. The second-order valence-electron chi connectivity index (χ2n) is 5.88. The van der Waals surface area contributed by atoms with E-state index >= 15 is 0 Å². The summed E-state index contributed by atoms with van der Waals surface area (Å²) >= 11 is 0. The van der Waals surface area contributed by atoms with Gasteiger partial charge in [-0.05, 0) is 55.5 Å². The minimum Gasteiger partial charge on any atom is -0.494 e. The Bertz CT molecular complexity index is 1010. The van der Waals surface area contributed by atoms with Crippen LogP contribution in [0.1, 0.15) is 18.1 Å². The first kappa shape index (κ1) is 16.9. The van der Waals surface area contributed by atoms with E-state index in [0.717, 1.165) is 28.3 Å². The lowest BCUT2D eigenvalue weighted by molar-refractivity contribution is 0.340. The number of ether oxygens (including phenoxy) is 1. The van der Waals surface area contributed by atoms with E-state index in [1.807, 2.05) is 37.3 Å². The van der Waals surface area contributed by atoms with Crippen LogP contribution in [0.2, 0.25) is 0 Å². The lowest BCUT2D eigenvalue weighted by atomic mass is 10.2. The molecule has 0 aliphatic carbocycles. The SMILES string of the molecule is CCOc1ccc2c(c1)NC(c1ccncc1)=NC(c1ccc(F)cc1)=N2. The number of amidine groups is 2. The quantitative estimate of drug-likeness (QED) is 0.741. The molecule has 6 heteroatoms. The normalized spacial score (nSPS) is 13.0. The van der Waals surface area contributed by atoms with Gasteiger partial charge in [-0.25, -0.2) is 14.4 Å². The molecule has 2 aromatic carbocycles. The Kier molecular flexibility index (Phi) is 4.61. The van der Waals surface area contributed by atoms with Crippen molar-refractivity contribution < 1.29 is 9.13 Å². The molecule has 0 saturated carbocycles. The smallest absolute Gasteiger partial charge is 0.162 e. The van der Waals surface area contributed by atoms with Gasteiger partial charge < -0.3 is 10.1 Å². The molecule has 0 spiro atoms. The standard InChI is InChI=1S/C21H17FN4O/c1-2-27-17-7-8-18-19(13-17)25-21(15-9-11-23-12-10-15)26-20(24-18)14-3-5-16(22)6-4-14/h3-13H,2H2,1H3,(H,24,25,26). The summed E-state index contributed by atoms with van der Waals surface area (Å²) < 4.78 is 18.9. The van der Waals surface area contributed by atoms with Gasteiger partial charge in [0.05, 0.1) is 18.0 Å². The molecule has 1 aromatic heterocycles. The number of benzene rings is 2. The second kappa shape index (κ2) is 7.37. The van der Waals surface area contributed by atoms with Crippen molar-refractivity contribution in [3.63, 3.8) is 0 Å². The fourth-order valence-electron chi connectivity index (χ4n) is 2.74. The zero-order chi connectivity index (χ0) is 18.6. The molecule has 0 amide bonds. The summed E-state index contributed by atoms with van der Waals surface area (Å²) in [7, 11) is 0. The van der Waals surface area contributed by atoms with Crippen LogP contribution in [0.15, 0.2) is 77.0 Å². The number of halogens is 1. The summed E-state index contributed by atoms with van der Waals surface area (Å²) in [5.41, 5.74) is 3.11. The minimum absolute atomic E-state index is 0.300. The first-order valence-corrected chi connectivity index (χ1v) is 8.60. The summed E-state index contributed by atoms with van der Waals surface area (Å²) in [6.07, 6.45) is 3.41. The maximum absolute atomic E-state index is 13.3. The zero-order valence-corrected chi connectivity index (χ0v) is 14.7. The van der Waals surface area contributed by atoms with E-state index in [4.69, 9.17) is 9.73 Å². The van der Waals surface area contributed by atoms with Gasteiger partial charge in [-0.1, -0.05) is 0 Å². The van der Waals surface area contributed by atoms with Crippen molar-refractivity contribution in [1.29, 1.82) is 0 Å². The molecular formula is C21H17FN4O. The molecule has 3 aromatic rings. The van der Waals surface area contributed by atoms with Gasteiger partial charge in [0.15, 0.2) is 5.84 Å². The van der Waals surface area contributed by atoms with Crippen molar-refractivity contribution in [2.24, 2.45) is 9.98 Å². The fourth-order valence-corrected chi connectivity index (χ4v) is 2.74. The Hall–Kier alpha value is -3.54. The number of rotatable bonds is 4. The third-order valence-corrected chi connectivity index (χ3v) is 4.03. The van der Waals surface area contributed by atoms with Crippen molar-refractivity contribution in [2.45, 2.75) is 6.92 Å². The number of hydrogen-bond donors (Lipinski definition) is 1. The van der Waals surface area contributed by atoms with Gasteiger partial charge in [-0.2, -0.15) is 0 Å². The molecule has 1 aliphatic rings. The van der Waals surface area contributed by atoms with Crippen LogP contribution in [0.3, 0.4) is 0 Å². The molecule has 0 fully saturated rings. The van der Waals surface area contributed by atoms with Crippen molar-refractivity contribution >= 4 is 23.0 Å². The highest BCUT2D eigenvalue weighted by Gasteiger charge is 2.16. The van der Waals surface area contributed by atoms with Crippen LogP contribution in [0.5, 0.6) is 5.75 Å². The van der Waals surface area contributed by atoms with E-state index in [1.54, 1.807) is 24.5 Å². The predicted molar refractivity (Wildman–Crippen MR) is 105 cm³/mol. The van der Waals surface area contributed by atoms with Crippen LogP contribution in [0.4, 0.5) is 15.8 Å². The molecule has 1 aliphatic heterocycles. The van der Waals surface area contributed by atoms with E-state index < -0.39 is 0 Å². The number of aromatic nitrogens is 1. The molecule has 2 heterocycles. The lowest BCUT2D eigenvalue weighted by Crippen LogP contribution is -2.15. The summed E-state index contributed by atoms with van der Waals surface area (Å²) in [4.78, 5) is 13.4. The van der Waals surface area contributed by atoms with Gasteiger partial charge in [0, 0.05) is 29.6 Å². The fraction of sp³-hybridized carbons (Fsp3) is 0.0952. The Balaban J connectivity index is 1.85.